The topological polar surface area (TPSA) is 113 Å². The van der Waals surface area contributed by atoms with E-state index in [0.29, 0.717) is 21.6 Å². The number of benzene rings is 1. The van der Waals surface area contributed by atoms with E-state index in [1.54, 1.807) is 36.6 Å². The number of H-pyrrole nitrogens is 1. The second-order valence-corrected chi connectivity index (χ2v) is 6.41. The van der Waals surface area contributed by atoms with Crippen LogP contribution in [-0.4, -0.2) is 28.3 Å². The highest BCUT2D eigenvalue weighted by molar-refractivity contribution is 7.09. The molecule has 0 aliphatic carbocycles. The Morgan fingerprint density at radius 1 is 1.38 bits per heavy atom. The third kappa shape index (κ3) is 3.53. The molecule has 1 atom stereocenters. The van der Waals surface area contributed by atoms with Crippen molar-refractivity contribution in [3.8, 4) is 6.07 Å². The maximum absolute atomic E-state index is 12.3. The van der Waals surface area contributed by atoms with Crippen LogP contribution in [0.25, 0.3) is 10.9 Å². The summed E-state index contributed by atoms with van der Waals surface area (Å²) in [5.41, 5.74) is 0.822. The van der Waals surface area contributed by atoms with Gasteiger partial charge >= 0.3 is 5.97 Å². The van der Waals surface area contributed by atoms with Crippen LogP contribution >= 0.6 is 11.3 Å². The Labute approximate surface area is 151 Å². The highest BCUT2D eigenvalue weighted by Crippen LogP contribution is 2.21. The number of nitrogens with zero attached hydrogens (tertiary/aromatic N) is 2. The van der Waals surface area contributed by atoms with E-state index in [1.165, 1.54) is 11.3 Å². The fourth-order valence-electron chi connectivity index (χ4n) is 2.44. The molecule has 2 heterocycles. The molecule has 3 rings (SSSR count). The highest BCUT2D eigenvalue weighted by Gasteiger charge is 2.25. The Morgan fingerprint density at radius 2 is 2.15 bits per heavy atom. The Morgan fingerprint density at radius 3 is 2.85 bits per heavy atom. The molecule has 0 bridgehead atoms. The molecule has 130 valence electrons. The largest absolute Gasteiger partial charge is 0.454 e. The fraction of sp³-hybridized carbons (Fsp3) is 0.167. The van der Waals surface area contributed by atoms with Crippen LogP contribution in [0.5, 0.6) is 0 Å². The molecular weight excluding hydrogens is 354 g/mol. The smallest absolute Gasteiger partial charge is 0.339 e. The van der Waals surface area contributed by atoms with Crippen molar-refractivity contribution < 1.29 is 14.3 Å². The molecule has 0 aliphatic heterocycles. The number of fused-ring (bicyclic) bond motifs is 1. The zero-order valence-electron chi connectivity index (χ0n) is 13.7. The summed E-state index contributed by atoms with van der Waals surface area (Å²) in [6.07, 6.45) is 0. The number of nitriles is 1. The summed E-state index contributed by atoms with van der Waals surface area (Å²) < 4.78 is 5.05. The van der Waals surface area contributed by atoms with Crippen LogP contribution in [0.1, 0.15) is 27.0 Å². The maximum Gasteiger partial charge on any atom is 0.339 e. The number of ketones is 1. The van der Waals surface area contributed by atoms with E-state index in [-0.39, 0.29) is 5.56 Å². The molecule has 0 saturated heterocycles. The van der Waals surface area contributed by atoms with Crippen molar-refractivity contribution in [3.63, 3.8) is 0 Å². The summed E-state index contributed by atoms with van der Waals surface area (Å²) in [5.74, 6) is -2.45. The average Bonchev–Trinajstić information content (AvgIpc) is 3.05. The Balaban J connectivity index is 1.78. The lowest BCUT2D eigenvalue weighted by atomic mass is 10.1. The van der Waals surface area contributed by atoms with Crippen molar-refractivity contribution in [3.05, 3.63) is 62.3 Å². The van der Waals surface area contributed by atoms with Crippen LogP contribution < -0.4 is 5.56 Å². The van der Waals surface area contributed by atoms with E-state index >= 15 is 0 Å². The van der Waals surface area contributed by atoms with E-state index in [1.807, 2.05) is 6.07 Å². The van der Waals surface area contributed by atoms with Crippen molar-refractivity contribution in [2.45, 2.75) is 12.8 Å². The zero-order valence-corrected chi connectivity index (χ0v) is 14.5. The number of carbonyl (C=O) groups is 2. The number of Topliss-reactive ketones (excluding diaryl/α,β-unsaturated/α-hetero) is 1. The molecule has 0 aliphatic rings. The normalized spacial score (nSPS) is 11.7. The molecule has 0 amide bonds. The van der Waals surface area contributed by atoms with Crippen molar-refractivity contribution >= 4 is 34.0 Å². The first-order valence-electron chi connectivity index (χ1n) is 7.63. The number of aromatic amines is 1. The second kappa shape index (κ2) is 7.29. The summed E-state index contributed by atoms with van der Waals surface area (Å²) in [5, 5.41) is 11.8. The van der Waals surface area contributed by atoms with Gasteiger partial charge in [0.05, 0.1) is 11.6 Å². The van der Waals surface area contributed by atoms with Crippen LogP contribution in [0.4, 0.5) is 0 Å². The number of rotatable bonds is 5. The van der Waals surface area contributed by atoms with Gasteiger partial charge in [0.15, 0.2) is 18.3 Å². The van der Waals surface area contributed by atoms with Gasteiger partial charge in [-0.3, -0.25) is 9.59 Å². The third-order valence-electron chi connectivity index (χ3n) is 3.65. The molecule has 0 radical (unpaired) electrons. The van der Waals surface area contributed by atoms with Gasteiger partial charge in [-0.1, -0.05) is 18.2 Å². The predicted molar refractivity (Wildman–Crippen MR) is 95.1 cm³/mol. The van der Waals surface area contributed by atoms with E-state index in [4.69, 9.17) is 4.74 Å². The molecule has 1 N–H and O–H groups in total. The molecule has 0 spiro atoms. The Kier molecular flexibility index (Phi) is 4.91. The minimum absolute atomic E-state index is 0.0655. The Hall–Kier alpha value is -3.31. The summed E-state index contributed by atoms with van der Waals surface area (Å²) in [6, 6.07) is 9.79. The van der Waals surface area contributed by atoms with E-state index < -0.39 is 29.8 Å². The minimum Gasteiger partial charge on any atom is -0.454 e. The first kappa shape index (κ1) is 17.5. The molecule has 1 aromatic carbocycles. The van der Waals surface area contributed by atoms with Gasteiger partial charge in [0, 0.05) is 28.0 Å². The first-order chi connectivity index (χ1) is 12.5. The number of aryl methyl sites for hydroxylation is 1. The van der Waals surface area contributed by atoms with E-state index in [0.717, 1.165) is 6.07 Å². The van der Waals surface area contributed by atoms with Gasteiger partial charge in [0.2, 0.25) is 5.56 Å². The number of pyridine rings is 1. The van der Waals surface area contributed by atoms with E-state index in [9.17, 15) is 19.6 Å². The van der Waals surface area contributed by atoms with Gasteiger partial charge in [0.1, 0.15) is 5.01 Å². The highest BCUT2D eigenvalue weighted by atomic mass is 32.1. The minimum atomic E-state index is -1.09. The molecule has 3 aromatic rings. The summed E-state index contributed by atoms with van der Waals surface area (Å²) in [6.45, 7) is 1.19. The van der Waals surface area contributed by atoms with E-state index in [2.05, 4.69) is 9.97 Å². The first-order valence-corrected chi connectivity index (χ1v) is 8.51. The molecule has 26 heavy (non-hydrogen) atoms. The lowest BCUT2D eigenvalue weighted by Gasteiger charge is -2.08. The van der Waals surface area contributed by atoms with Crippen LogP contribution in [-0.2, 0) is 9.53 Å². The average molecular weight is 367 g/mol. The molecule has 2 aromatic heterocycles. The predicted octanol–water partition coefficient (Wildman–Crippen LogP) is 2.33. The Bertz CT molecular complexity index is 1090. The SMILES string of the molecule is Cc1csc(C(C#N)C(=O)COC(=O)c2cc(=O)[nH]c3ccccc23)n1. The number of hydrogen-bond donors (Lipinski definition) is 1. The third-order valence-corrected chi connectivity index (χ3v) is 4.68. The van der Waals surface area contributed by atoms with Crippen LogP contribution in [0.15, 0.2) is 40.5 Å². The molecule has 0 saturated carbocycles. The van der Waals surface area contributed by atoms with Crippen LogP contribution in [0.3, 0.4) is 0 Å². The lowest BCUT2D eigenvalue weighted by molar-refractivity contribution is -0.122. The van der Waals surface area contributed by atoms with Crippen molar-refractivity contribution in [1.82, 2.24) is 9.97 Å². The van der Waals surface area contributed by atoms with Crippen molar-refractivity contribution in [2.24, 2.45) is 0 Å². The van der Waals surface area contributed by atoms with Gasteiger partial charge in [-0.2, -0.15) is 5.26 Å². The monoisotopic (exact) mass is 367 g/mol. The second-order valence-electron chi connectivity index (χ2n) is 5.52. The molecule has 1 unspecified atom stereocenters. The van der Waals surface area contributed by atoms with Crippen LogP contribution in [0, 0.1) is 18.3 Å². The van der Waals surface area contributed by atoms with Crippen molar-refractivity contribution in [2.75, 3.05) is 6.61 Å². The number of aromatic nitrogens is 2. The number of thiazole rings is 1. The fourth-order valence-corrected chi connectivity index (χ4v) is 3.30. The van der Waals surface area contributed by atoms with Crippen LogP contribution in [0.2, 0.25) is 0 Å². The number of para-hydroxylation sites is 1. The van der Waals surface area contributed by atoms with Gasteiger partial charge in [0.25, 0.3) is 0 Å². The number of esters is 1. The number of ether oxygens (including phenoxy) is 1. The van der Waals surface area contributed by atoms with Gasteiger partial charge in [-0.05, 0) is 13.0 Å². The zero-order chi connectivity index (χ0) is 18.7. The summed E-state index contributed by atoms with van der Waals surface area (Å²) in [7, 11) is 0. The maximum atomic E-state index is 12.3. The molecule has 7 nitrogen and oxygen atoms in total. The standard InChI is InChI=1S/C18H13N3O4S/c1-10-9-26-17(20-10)13(7-19)15(22)8-25-18(24)12-6-16(23)21-14-5-3-2-4-11(12)14/h2-6,9,13H,8H2,1H3,(H,21,23). The van der Waals surface area contributed by atoms with Gasteiger partial charge in [-0.25, -0.2) is 9.78 Å². The molecule has 8 heteroatoms. The van der Waals surface area contributed by atoms with Crippen molar-refractivity contribution in [1.29, 1.82) is 5.26 Å². The van der Waals surface area contributed by atoms with Gasteiger partial charge in [-0.15, -0.1) is 11.3 Å². The number of carbonyl (C=O) groups excluding carboxylic acids is 2. The number of hydrogen-bond acceptors (Lipinski definition) is 7. The summed E-state index contributed by atoms with van der Waals surface area (Å²) in [4.78, 5) is 43.1. The number of nitrogens with one attached hydrogen (secondary N) is 1. The molecule has 0 fully saturated rings. The lowest BCUT2D eigenvalue weighted by Crippen LogP contribution is -2.21. The summed E-state index contributed by atoms with van der Waals surface area (Å²) >= 11 is 1.20. The molecular formula is C18H13N3O4S. The quantitative estimate of drug-likeness (QED) is 0.693. The van der Waals surface area contributed by atoms with Gasteiger partial charge < -0.3 is 9.72 Å².